The van der Waals surface area contributed by atoms with Crippen molar-refractivity contribution in [1.82, 2.24) is 24.8 Å². The number of rotatable bonds is 8. The Morgan fingerprint density at radius 3 is 2.64 bits per heavy atom. The van der Waals surface area contributed by atoms with Crippen molar-refractivity contribution in [2.45, 2.75) is 32.3 Å². The molecule has 2 fully saturated rings. The van der Waals surface area contributed by atoms with E-state index in [1.165, 1.54) is 10.9 Å². The minimum absolute atomic E-state index is 0.0745. The van der Waals surface area contributed by atoms with Crippen LogP contribution in [0, 0.1) is 17.6 Å². The molecule has 12 heteroatoms. The summed E-state index contributed by atoms with van der Waals surface area (Å²) in [5.74, 6) is -2.04. The van der Waals surface area contributed by atoms with Crippen LogP contribution in [0.25, 0.3) is 29.0 Å². The fraction of sp³-hybridized carbons (Fsp3) is 0.400. The molecule has 2 atom stereocenters. The number of ether oxygens (including phenoxy) is 1. The molecule has 1 aromatic carbocycles. The maximum absolute atomic E-state index is 16.2. The molecule has 2 aliphatic heterocycles. The Kier molecular flexibility index (Phi) is 8.11. The molecule has 2 aromatic heterocycles. The molecule has 2 N–H and O–H groups in total. The number of hydrogen-bond donors (Lipinski definition) is 2. The van der Waals surface area contributed by atoms with Crippen LogP contribution in [0.4, 0.5) is 14.5 Å². The normalized spacial score (nSPS) is 20.7. The molecular formula is C30H34F2N6O3S. The zero-order chi connectivity index (χ0) is 29.3. The van der Waals surface area contributed by atoms with Crippen molar-refractivity contribution in [3.05, 3.63) is 71.0 Å². The first-order valence-corrected chi connectivity index (χ1v) is 16.0. The number of piperazine rings is 1. The quantitative estimate of drug-likeness (QED) is 0.412. The summed E-state index contributed by atoms with van der Waals surface area (Å²) in [6.07, 6.45) is 14.3. The van der Waals surface area contributed by atoms with E-state index in [2.05, 4.69) is 37.9 Å². The van der Waals surface area contributed by atoms with Gasteiger partial charge in [-0.2, -0.15) is 0 Å². The number of benzene rings is 1. The lowest BCUT2D eigenvalue weighted by Crippen LogP contribution is -2.44. The van der Waals surface area contributed by atoms with E-state index < -0.39 is 27.8 Å². The van der Waals surface area contributed by atoms with Crippen molar-refractivity contribution in [2.24, 2.45) is 5.92 Å². The van der Waals surface area contributed by atoms with Crippen molar-refractivity contribution in [1.29, 1.82) is 0 Å². The lowest BCUT2D eigenvalue weighted by molar-refractivity contribution is 0.127. The Hall–Kier alpha value is -3.61. The first kappa shape index (κ1) is 28.5. The highest BCUT2D eigenvalue weighted by Gasteiger charge is 2.27. The summed E-state index contributed by atoms with van der Waals surface area (Å²) < 4.78 is 66.7. The first-order chi connectivity index (χ1) is 20.3. The van der Waals surface area contributed by atoms with Gasteiger partial charge in [-0.3, -0.25) is 4.72 Å². The zero-order valence-corrected chi connectivity index (χ0v) is 24.2. The van der Waals surface area contributed by atoms with E-state index in [1.807, 2.05) is 12.2 Å². The minimum atomic E-state index is -3.94. The maximum atomic E-state index is 16.2. The predicted octanol–water partition coefficient (Wildman–Crippen LogP) is 2.52. The Morgan fingerprint density at radius 2 is 1.93 bits per heavy atom. The van der Waals surface area contributed by atoms with E-state index >= 15 is 8.78 Å². The van der Waals surface area contributed by atoms with Crippen LogP contribution in [-0.2, 0) is 14.8 Å². The standard InChI is InChI=1S/C30H34F2N6O3S/c1-2-20-14-23-24(21-15-34-19-35-16-21)17-38(28(23)8-7-27(20)37-11-9-33-10-12-37)30-25(31)5-6-26(29(30)32)36-42(39,40)18-22-4-3-13-41-22/h5-8,14-17,19-20,22,33,36H,2-4,9-13,18H2,1H3. The SMILES string of the molecule is CCC1C=c2c(-c3cncnc3)cn(-c3c(F)ccc(NS(=O)(=O)CC4CCCO4)c3F)c2=CC=C1N1CCNCC1. The number of halogens is 2. The highest BCUT2D eigenvalue weighted by atomic mass is 32.2. The molecule has 4 heterocycles. The number of aromatic nitrogens is 3. The summed E-state index contributed by atoms with van der Waals surface area (Å²) in [5.41, 5.74) is 1.87. The van der Waals surface area contributed by atoms with Gasteiger partial charge in [-0.05, 0) is 43.5 Å². The molecule has 2 saturated heterocycles. The summed E-state index contributed by atoms with van der Waals surface area (Å²) in [7, 11) is -3.94. The number of anilines is 1. The molecule has 0 saturated carbocycles. The second-order valence-corrected chi connectivity index (χ2v) is 12.6. The fourth-order valence-corrected chi connectivity index (χ4v) is 7.30. The molecule has 3 aromatic rings. The van der Waals surface area contributed by atoms with Gasteiger partial charge in [0.1, 0.15) is 17.8 Å². The molecule has 0 spiro atoms. The molecular weight excluding hydrogens is 562 g/mol. The van der Waals surface area contributed by atoms with Crippen molar-refractivity contribution < 1.29 is 21.9 Å². The maximum Gasteiger partial charge on any atom is 0.235 e. The molecule has 42 heavy (non-hydrogen) atoms. The van der Waals surface area contributed by atoms with Crippen LogP contribution in [0.1, 0.15) is 26.2 Å². The monoisotopic (exact) mass is 596 g/mol. The molecule has 2 unspecified atom stereocenters. The average molecular weight is 597 g/mol. The van der Waals surface area contributed by atoms with E-state index in [-0.39, 0.29) is 23.0 Å². The number of fused-ring (bicyclic) bond motifs is 1. The zero-order valence-electron chi connectivity index (χ0n) is 23.4. The van der Waals surface area contributed by atoms with Crippen molar-refractivity contribution >= 4 is 27.9 Å². The van der Waals surface area contributed by atoms with Gasteiger partial charge in [-0.1, -0.05) is 13.0 Å². The van der Waals surface area contributed by atoms with E-state index in [0.717, 1.165) is 67.6 Å². The van der Waals surface area contributed by atoms with Gasteiger partial charge < -0.3 is 19.5 Å². The van der Waals surface area contributed by atoms with Crippen LogP contribution >= 0.6 is 0 Å². The number of sulfonamides is 1. The topological polar surface area (TPSA) is 101 Å². The van der Waals surface area contributed by atoms with E-state index in [9.17, 15) is 8.42 Å². The third-order valence-electron chi connectivity index (χ3n) is 8.04. The minimum Gasteiger partial charge on any atom is -0.377 e. The van der Waals surface area contributed by atoms with E-state index in [4.69, 9.17) is 4.74 Å². The van der Waals surface area contributed by atoms with E-state index in [0.29, 0.717) is 23.9 Å². The number of allylic oxidation sites excluding steroid dienone is 2. The Bertz CT molecular complexity index is 1710. The van der Waals surface area contributed by atoms with Gasteiger partial charge in [0.05, 0.1) is 22.9 Å². The van der Waals surface area contributed by atoms with Gasteiger partial charge in [0, 0.05) is 79.3 Å². The van der Waals surface area contributed by atoms with Crippen LogP contribution in [-0.4, -0.2) is 72.5 Å². The molecule has 6 rings (SSSR count). The molecule has 0 bridgehead atoms. The molecule has 1 aliphatic carbocycles. The van der Waals surface area contributed by atoms with Gasteiger partial charge in [0.25, 0.3) is 0 Å². The van der Waals surface area contributed by atoms with Gasteiger partial charge in [0.2, 0.25) is 10.0 Å². The second-order valence-electron chi connectivity index (χ2n) is 10.8. The molecule has 9 nitrogen and oxygen atoms in total. The lowest BCUT2D eigenvalue weighted by atomic mass is 9.98. The van der Waals surface area contributed by atoms with Crippen LogP contribution < -0.4 is 20.6 Å². The summed E-state index contributed by atoms with van der Waals surface area (Å²) >= 11 is 0. The number of nitrogens with one attached hydrogen (secondary N) is 2. The number of nitrogens with zero attached hydrogens (tertiary/aromatic N) is 4. The second kappa shape index (κ2) is 11.9. The van der Waals surface area contributed by atoms with E-state index in [1.54, 1.807) is 18.6 Å². The van der Waals surface area contributed by atoms with Crippen molar-refractivity contribution in [2.75, 3.05) is 43.3 Å². The van der Waals surface area contributed by atoms with Gasteiger partial charge in [-0.25, -0.2) is 27.2 Å². The Balaban J connectivity index is 1.50. The smallest absolute Gasteiger partial charge is 0.235 e. The third kappa shape index (κ3) is 5.70. The van der Waals surface area contributed by atoms with Crippen molar-refractivity contribution in [3.8, 4) is 16.8 Å². The first-order valence-electron chi connectivity index (χ1n) is 14.3. The highest BCUT2D eigenvalue weighted by molar-refractivity contribution is 7.92. The third-order valence-corrected chi connectivity index (χ3v) is 9.38. The summed E-state index contributed by atoms with van der Waals surface area (Å²) in [5, 5.41) is 4.77. The highest BCUT2D eigenvalue weighted by Crippen LogP contribution is 2.28. The lowest BCUT2D eigenvalue weighted by Gasteiger charge is -2.34. The molecule has 3 aliphatic rings. The molecule has 222 valence electrons. The van der Waals surface area contributed by atoms with Gasteiger partial charge in [0.15, 0.2) is 5.82 Å². The average Bonchev–Trinajstić information content (AvgIpc) is 3.57. The molecule has 0 radical (unpaired) electrons. The van der Waals surface area contributed by atoms with Crippen LogP contribution in [0.5, 0.6) is 0 Å². The van der Waals surface area contributed by atoms with Crippen LogP contribution in [0.3, 0.4) is 0 Å². The predicted molar refractivity (Wildman–Crippen MR) is 158 cm³/mol. The Labute approximate surface area is 243 Å². The van der Waals surface area contributed by atoms with Crippen LogP contribution in [0.2, 0.25) is 0 Å². The van der Waals surface area contributed by atoms with Crippen LogP contribution in [0.15, 0.2) is 48.8 Å². The summed E-state index contributed by atoms with van der Waals surface area (Å²) in [6.45, 7) is 6.11. The van der Waals surface area contributed by atoms with Gasteiger partial charge in [-0.15, -0.1) is 0 Å². The summed E-state index contributed by atoms with van der Waals surface area (Å²) in [4.78, 5) is 10.7. The van der Waals surface area contributed by atoms with Gasteiger partial charge >= 0.3 is 0 Å². The largest absolute Gasteiger partial charge is 0.377 e. The van der Waals surface area contributed by atoms with Crippen molar-refractivity contribution in [3.63, 3.8) is 0 Å². The number of hydrogen-bond acceptors (Lipinski definition) is 7. The Morgan fingerprint density at radius 1 is 1.14 bits per heavy atom. The fourth-order valence-electron chi connectivity index (χ4n) is 5.97. The molecule has 0 amide bonds. The summed E-state index contributed by atoms with van der Waals surface area (Å²) in [6, 6.07) is 2.19.